The SMILES string of the molecule is [N-]=[N+]=NCC1CC(=O)N(c2ccccc2C(=O)N2CCCC2)C1. The van der Waals surface area contributed by atoms with E-state index in [-0.39, 0.29) is 17.7 Å². The number of hydrogen-bond donors (Lipinski definition) is 0. The predicted molar refractivity (Wildman–Crippen MR) is 86.1 cm³/mol. The van der Waals surface area contributed by atoms with Gasteiger partial charge in [-0.1, -0.05) is 17.2 Å². The summed E-state index contributed by atoms with van der Waals surface area (Å²) in [4.78, 5) is 31.3. The van der Waals surface area contributed by atoms with Crippen molar-refractivity contribution in [2.75, 3.05) is 31.1 Å². The molecule has 1 unspecified atom stereocenters. The molecule has 0 bridgehead atoms. The average molecular weight is 313 g/mol. The van der Waals surface area contributed by atoms with E-state index in [4.69, 9.17) is 5.53 Å². The Balaban J connectivity index is 1.84. The highest BCUT2D eigenvalue weighted by atomic mass is 16.2. The number of amides is 2. The lowest BCUT2D eigenvalue weighted by Gasteiger charge is -2.22. The van der Waals surface area contributed by atoms with Crippen molar-refractivity contribution in [1.82, 2.24) is 4.90 Å². The van der Waals surface area contributed by atoms with Crippen molar-refractivity contribution in [3.8, 4) is 0 Å². The molecular formula is C16H19N5O2. The molecule has 2 saturated heterocycles. The van der Waals surface area contributed by atoms with Gasteiger partial charge in [0.05, 0.1) is 11.3 Å². The molecule has 0 aromatic heterocycles. The lowest BCUT2D eigenvalue weighted by atomic mass is 10.1. The molecule has 7 nitrogen and oxygen atoms in total. The summed E-state index contributed by atoms with van der Waals surface area (Å²) < 4.78 is 0. The normalized spacial score (nSPS) is 20.7. The van der Waals surface area contributed by atoms with Crippen LogP contribution >= 0.6 is 0 Å². The summed E-state index contributed by atoms with van der Waals surface area (Å²) >= 11 is 0. The molecule has 0 radical (unpaired) electrons. The first-order chi connectivity index (χ1) is 11.2. The molecule has 0 saturated carbocycles. The van der Waals surface area contributed by atoms with Gasteiger partial charge in [0.1, 0.15) is 0 Å². The van der Waals surface area contributed by atoms with Crippen LogP contribution in [0.1, 0.15) is 29.6 Å². The molecule has 2 aliphatic rings. The minimum Gasteiger partial charge on any atom is -0.339 e. The van der Waals surface area contributed by atoms with Crippen LogP contribution in [0.15, 0.2) is 29.4 Å². The Morgan fingerprint density at radius 3 is 2.78 bits per heavy atom. The third-order valence-corrected chi connectivity index (χ3v) is 4.43. The number of para-hydroxylation sites is 1. The Morgan fingerprint density at radius 1 is 1.30 bits per heavy atom. The average Bonchev–Trinajstić information content (AvgIpc) is 3.22. The Hall–Kier alpha value is -2.53. The fourth-order valence-corrected chi connectivity index (χ4v) is 3.27. The van der Waals surface area contributed by atoms with Crippen LogP contribution in [-0.2, 0) is 4.79 Å². The Morgan fingerprint density at radius 2 is 2.04 bits per heavy atom. The van der Waals surface area contributed by atoms with Gasteiger partial charge in [0, 0.05) is 37.5 Å². The van der Waals surface area contributed by atoms with E-state index in [0.29, 0.717) is 30.8 Å². The molecule has 2 heterocycles. The van der Waals surface area contributed by atoms with Crippen molar-refractivity contribution in [3.63, 3.8) is 0 Å². The van der Waals surface area contributed by atoms with Crippen LogP contribution in [0.25, 0.3) is 10.4 Å². The highest BCUT2D eigenvalue weighted by molar-refractivity contribution is 6.05. The first-order valence-electron chi connectivity index (χ1n) is 7.90. The Kier molecular flexibility index (Phi) is 4.48. The molecule has 1 aromatic rings. The van der Waals surface area contributed by atoms with Gasteiger partial charge in [-0.3, -0.25) is 9.59 Å². The Labute approximate surface area is 134 Å². The zero-order valence-electron chi connectivity index (χ0n) is 12.9. The highest BCUT2D eigenvalue weighted by Crippen LogP contribution is 2.29. The van der Waals surface area contributed by atoms with Gasteiger partial charge in [0.25, 0.3) is 5.91 Å². The standard InChI is InChI=1S/C16H19N5O2/c17-19-18-10-12-9-15(22)21(11-12)14-6-2-1-5-13(14)16(23)20-7-3-4-8-20/h1-2,5-6,12H,3-4,7-11H2. The third-order valence-electron chi connectivity index (χ3n) is 4.43. The van der Waals surface area contributed by atoms with Crippen LogP contribution in [0.3, 0.4) is 0 Å². The van der Waals surface area contributed by atoms with E-state index in [1.54, 1.807) is 11.0 Å². The lowest BCUT2D eigenvalue weighted by Crippen LogP contribution is -2.32. The van der Waals surface area contributed by atoms with Crippen LogP contribution in [0.5, 0.6) is 0 Å². The number of benzene rings is 1. The summed E-state index contributed by atoms with van der Waals surface area (Å²) in [7, 11) is 0. The highest BCUT2D eigenvalue weighted by Gasteiger charge is 2.33. The largest absolute Gasteiger partial charge is 0.339 e. The van der Waals surface area contributed by atoms with E-state index in [1.165, 1.54) is 0 Å². The van der Waals surface area contributed by atoms with E-state index >= 15 is 0 Å². The van der Waals surface area contributed by atoms with Crippen molar-refractivity contribution >= 4 is 17.5 Å². The quantitative estimate of drug-likeness (QED) is 0.486. The van der Waals surface area contributed by atoms with E-state index in [1.807, 2.05) is 23.1 Å². The molecule has 1 aromatic carbocycles. The summed E-state index contributed by atoms with van der Waals surface area (Å²) in [6.45, 7) is 2.35. The summed E-state index contributed by atoms with van der Waals surface area (Å²) in [5.41, 5.74) is 9.66. The van der Waals surface area contributed by atoms with Crippen molar-refractivity contribution in [1.29, 1.82) is 0 Å². The zero-order valence-corrected chi connectivity index (χ0v) is 12.9. The van der Waals surface area contributed by atoms with Crippen molar-refractivity contribution in [3.05, 3.63) is 40.3 Å². The van der Waals surface area contributed by atoms with E-state index < -0.39 is 0 Å². The monoisotopic (exact) mass is 313 g/mol. The summed E-state index contributed by atoms with van der Waals surface area (Å²) in [6, 6.07) is 7.26. The smallest absolute Gasteiger partial charge is 0.255 e. The Bertz CT molecular complexity index is 662. The second-order valence-corrected chi connectivity index (χ2v) is 6.00. The molecule has 0 spiro atoms. The maximum absolute atomic E-state index is 12.7. The van der Waals surface area contributed by atoms with E-state index in [2.05, 4.69) is 10.0 Å². The molecule has 120 valence electrons. The molecule has 1 atom stereocenters. The van der Waals surface area contributed by atoms with Crippen LogP contribution in [0.4, 0.5) is 5.69 Å². The van der Waals surface area contributed by atoms with E-state index in [0.717, 1.165) is 25.9 Å². The number of nitrogens with zero attached hydrogens (tertiary/aromatic N) is 5. The number of carbonyl (C=O) groups is 2. The molecule has 2 amide bonds. The van der Waals surface area contributed by atoms with Crippen molar-refractivity contribution < 1.29 is 9.59 Å². The second kappa shape index (κ2) is 6.71. The molecular weight excluding hydrogens is 294 g/mol. The maximum Gasteiger partial charge on any atom is 0.255 e. The molecule has 2 aliphatic heterocycles. The summed E-state index contributed by atoms with van der Waals surface area (Å²) in [5, 5.41) is 3.56. The van der Waals surface area contributed by atoms with Crippen LogP contribution in [0, 0.1) is 5.92 Å². The minimum absolute atomic E-state index is 0.00773. The van der Waals surface area contributed by atoms with Gasteiger partial charge in [-0.15, -0.1) is 0 Å². The number of carbonyl (C=O) groups excluding carboxylic acids is 2. The summed E-state index contributed by atoms with van der Waals surface area (Å²) in [5.74, 6) is -0.0254. The van der Waals surface area contributed by atoms with Gasteiger partial charge in [0.2, 0.25) is 5.91 Å². The second-order valence-electron chi connectivity index (χ2n) is 6.00. The molecule has 23 heavy (non-hydrogen) atoms. The fraction of sp³-hybridized carbons (Fsp3) is 0.500. The van der Waals surface area contributed by atoms with Crippen molar-refractivity contribution in [2.45, 2.75) is 19.3 Å². The maximum atomic E-state index is 12.7. The van der Waals surface area contributed by atoms with E-state index in [9.17, 15) is 9.59 Å². The number of rotatable bonds is 4. The van der Waals surface area contributed by atoms with Gasteiger partial charge in [-0.25, -0.2) is 0 Å². The van der Waals surface area contributed by atoms with Crippen molar-refractivity contribution in [2.24, 2.45) is 11.0 Å². The van der Waals surface area contributed by atoms with Gasteiger partial charge in [-0.05, 0) is 36.4 Å². The minimum atomic E-state index is -0.0233. The lowest BCUT2D eigenvalue weighted by molar-refractivity contribution is -0.117. The molecule has 0 N–H and O–H groups in total. The van der Waals surface area contributed by atoms with Crippen LogP contribution in [-0.4, -0.2) is 42.9 Å². The number of azide groups is 1. The first kappa shape index (κ1) is 15.4. The third kappa shape index (κ3) is 3.14. The molecule has 7 heteroatoms. The topological polar surface area (TPSA) is 89.4 Å². The fourth-order valence-electron chi connectivity index (χ4n) is 3.27. The zero-order chi connectivity index (χ0) is 16.2. The summed E-state index contributed by atoms with van der Waals surface area (Å²) in [6.07, 6.45) is 2.42. The van der Waals surface area contributed by atoms with Gasteiger partial charge < -0.3 is 9.80 Å². The first-order valence-corrected chi connectivity index (χ1v) is 7.90. The van der Waals surface area contributed by atoms with Gasteiger partial charge in [0.15, 0.2) is 0 Å². The molecule has 2 fully saturated rings. The number of likely N-dealkylation sites (tertiary alicyclic amines) is 1. The van der Waals surface area contributed by atoms with Crippen LogP contribution in [0.2, 0.25) is 0 Å². The number of anilines is 1. The molecule has 0 aliphatic carbocycles. The number of hydrogen-bond acceptors (Lipinski definition) is 3. The molecule has 3 rings (SSSR count). The van der Waals surface area contributed by atoms with Crippen LogP contribution < -0.4 is 4.90 Å². The van der Waals surface area contributed by atoms with Gasteiger partial charge >= 0.3 is 0 Å². The predicted octanol–water partition coefficient (Wildman–Crippen LogP) is 2.59. The van der Waals surface area contributed by atoms with Gasteiger partial charge in [-0.2, -0.15) is 0 Å².